The Bertz CT molecular complexity index is 580. The smallest absolute Gasteiger partial charge is 0.244 e. The highest BCUT2D eigenvalue weighted by molar-refractivity contribution is 8.01. The van der Waals surface area contributed by atoms with E-state index in [1.807, 2.05) is 32.0 Å². The first-order valence-electron chi connectivity index (χ1n) is 6.71. The Morgan fingerprint density at radius 2 is 1.90 bits per heavy atom. The lowest BCUT2D eigenvalue weighted by atomic mass is 10.1. The van der Waals surface area contributed by atoms with Gasteiger partial charge in [-0.2, -0.15) is 0 Å². The van der Waals surface area contributed by atoms with E-state index in [0.29, 0.717) is 5.69 Å². The average molecular weight is 306 g/mol. The van der Waals surface area contributed by atoms with Crippen LogP contribution in [0.2, 0.25) is 0 Å². The summed E-state index contributed by atoms with van der Waals surface area (Å²) in [6.07, 6.45) is 0. The molecule has 0 radical (unpaired) electrons. The van der Waals surface area contributed by atoms with Crippen molar-refractivity contribution in [3.05, 3.63) is 29.3 Å². The maximum atomic E-state index is 12.0. The summed E-state index contributed by atoms with van der Waals surface area (Å²) in [4.78, 5) is 36.8. The number of anilines is 1. The first-order valence-corrected chi connectivity index (χ1v) is 7.75. The largest absolute Gasteiger partial charge is 0.325 e. The van der Waals surface area contributed by atoms with Crippen LogP contribution < -0.4 is 5.32 Å². The molecular weight excluding hydrogens is 288 g/mol. The molecule has 0 spiro atoms. The molecule has 2 rings (SSSR count). The minimum atomic E-state index is -0.360. The van der Waals surface area contributed by atoms with Crippen LogP contribution in [0.15, 0.2) is 18.2 Å². The maximum Gasteiger partial charge on any atom is 0.244 e. The van der Waals surface area contributed by atoms with Crippen molar-refractivity contribution in [3.8, 4) is 0 Å². The summed E-state index contributed by atoms with van der Waals surface area (Å²) in [5.41, 5.74) is 2.76. The van der Waals surface area contributed by atoms with E-state index in [2.05, 4.69) is 5.32 Å². The van der Waals surface area contributed by atoms with Crippen molar-refractivity contribution in [1.82, 2.24) is 4.90 Å². The highest BCUT2D eigenvalue weighted by Gasteiger charge is 2.33. The second-order valence-electron chi connectivity index (χ2n) is 5.20. The van der Waals surface area contributed by atoms with Crippen LogP contribution in [0.4, 0.5) is 5.69 Å². The number of hydrogen-bond acceptors (Lipinski definition) is 4. The molecule has 1 aromatic carbocycles. The molecule has 21 heavy (non-hydrogen) atoms. The molecule has 1 aliphatic heterocycles. The van der Waals surface area contributed by atoms with E-state index in [0.717, 1.165) is 16.0 Å². The summed E-state index contributed by atoms with van der Waals surface area (Å²) < 4.78 is 0. The summed E-state index contributed by atoms with van der Waals surface area (Å²) >= 11 is 1.30. The fraction of sp³-hybridized carbons (Fsp3) is 0.400. The number of nitrogens with one attached hydrogen (secondary N) is 1. The molecule has 1 N–H and O–H groups in total. The minimum Gasteiger partial charge on any atom is -0.325 e. The van der Waals surface area contributed by atoms with Gasteiger partial charge in [-0.3, -0.25) is 19.3 Å². The number of hydrogen-bond donors (Lipinski definition) is 1. The predicted molar refractivity (Wildman–Crippen MR) is 83.2 cm³/mol. The lowest BCUT2D eigenvalue weighted by Crippen LogP contribution is -2.49. The standard InChI is InChI=1S/C15H18N2O3S/c1-9-4-10(2)6-12(5-9)16-13(18)7-17-14(19)8-21-11(3)15(17)20/h4-6,11H,7-8H2,1-3H3,(H,16,18). The van der Waals surface area contributed by atoms with Crippen molar-refractivity contribution in [3.63, 3.8) is 0 Å². The van der Waals surface area contributed by atoms with Gasteiger partial charge in [0.2, 0.25) is 17.7 Å². The molecule has 3 amide bonds. The number of imide groups is 1. The summed E-state index contributed by atoms with van der Waals surface area (Å²) in [7, 11) is 0. The molecule has 1 heterocycles. The van der Waals surface area contributed by atoms with Crippen molar-refractivity contribution in [2.75, 3.05) is 17.6 Å². The normalized spacial score (nSPS) is 18.8. The Morgan fingerprint density at radius 1 is 1.29 bits per heavy atom. The maximum absolute atomic E-state index is 12.0. The second-order valence-corrected chi connectivity index (χ2v) is 6.53. The molecule has 1 unspecified atom stereocenters. The van der Waals surface area contributed by atoms with Gasteiger partial charge in [-0.15, -0.1) is 11.8 Å². The zero-order valence-corrected chi connectivity index (χ0v) is 13.1. The van der Waals surface area contributed by atoms with E-state index in [1.165, 1.54) is 11.8 Å². The molecule has 1 aliphatic rings. The van der Waals surface area contributed by atoms with Crippen LogP contribution in [-0.4, -0.2) is 40.2 Å². The zero-order chi connectivity index (χ0) is 15.6. The van der Waals surface area contributed by atoms with Gasteiger partial charge >= 0.3 is 0 Å². The van der Waals surface area contributed by atoms with Gasteiger partial charge in [-0.05, 0) is 44.0 Å². The van der Waals surface area contributed by atoms with E-state index < -0.39 is 0 Å². The van der Waals surface area contributed by atoms with Gasteiger partial charge in [0.05, 0.1) is 11.0 Å². The van der Waals surface area contributed by atoms with Gasteiger partial charge in [0.1, 0.15) is 6.54 Å². The number of amides is 3. The highest BCUT2D eigenvalue weighted by Crippen LogP contribution is 2.20. The van der Waals surface area contributed by atoms with Crippen molar-refractivity contribution < 1.29 is 14.4 Å². The van der Waals surface area contributed by atoms with Crippen molar-refractivity contribution in [1.29, 1.82) is 0 Å². The Balaban J connectivity index is 2.04. The summed E-state index contributed by atoms with van der Waals surface area (Å²) in [5, 5.41) is 2.45. The van der Waals surface area contributed by atoms with E-state index in [4.69, 9.17) is 0 Å². The third kappa shape index (κ3) is 3.85. The molecule has 1 aromatic rings. The minimum absolute atomic E-state index is 0.227. The van der Waals surface area contributed by atoms with Gasteiger partial charge in [-0.1, -0.05) is 6.07 Å². The van der Waals surface area contributed by atoms with Crippen molar-refractivity contribution in [2.24, 2.45) is 0 Å². The van der Waals surface area contributed by atoms with E-state index >= 15 is 0 Å². The van der Waals surface area contributed by atoms with Crippen LogP contribution in [0.3, 0.4) is 0 Å². The van der Waals surface area contributed by atoms with Crippen LogP contribution in [0.1, 0.15) is 18.1 Å². The van der Waals surface area contributed by atoms with Crippen LogP contribution in [0.25, 0.3) is 0 Å². The molecular formula is C15H18N2O3S. The van der Waals surface area contributed by atoms with Crippen LogP contribution >= 0.6 is 11.8 Å². The number of carbonyl (C=O) groups is 3. The zero-order valence-electron chi connectivity index (χ0n) is 12.3. The monoisotopic (exact) mass is 306 g/mol. The number of aryl methyl sites for hydroxylation is 2. The summed E-state index contributed by atoms with van der Waals surface area (Å²) in [5.74, 6) is -0.727. The Hall–Kier alpha value is -1.82. The van der Waals surface area contributed by atoms with Gasteiger partial charge < -0.3 is 5.32 Å². The third-order valence-corrected chi connectivity index (χ3v) is 4.29. The van der Waals surface area contributed by atoms with Gasteiger partial charge in [0.15, 0.2) is 0 Å². The van der Waals surface area contributed by atoms with Crippen LogP contribution in [0, 0.1) is 13.8 Å². The van der Waals surface area contributed by atoms with E-state index in [1.54, 1.807) is 6.92 Å². The molecule has 0 aliphatic carbocycles. The molecule has 6 heteroatoms. The SMILES string of the molecule is Cc1cc(C)cc(NC(=O)CN2C(=O)CSC(C)C2=O)c1. The summed E-state index contributed by atoms with van der Waals surface area (Å²) in [6.45, 7) is 5.41. The molecule has 5 nitrogen and oxygen atoms in total. The molecule has 1 fully saturated rings. The summed E-state index contributed by atoms with van der Waals surface area (Å²) in [6, 6.07) is 5.71. The van der Waals surface area contributed by atoms with Crippen molar-refractivity contribution >= 4 is 35.2 Å². The molecule has 112 valence electrons. The number of carbonyl (C=O) groups excluding carboxylic acids is 3. The lowest BCUT2D eigenvalue weighted by Gasteiger charge is -2.27. The second kappa shape index (κ2) is 6.30. The Kier molecular flexibility index (Phi) is 4.67. The van der Waals surface area contributed by atoms with Gasteiger partial charge in [-0.25, -0.2) is 0 Å². The van der Waals surface area contributed by atoms with Gasteiger partial charge in [0, 0.05) is 5.69 Å². The highest BCUT2D eigenvalue weighted by atomic mass is 32.2. The van der Waals surface area contributed by atoms with E-state index in [-0.39, 0.29) is 35.3 Å². The fourth-order valence-electron chi connectivity index (χ4n) is 2.24. The molecule has 0 saturated carbocycles. The van der Waals surface area contributed by atoms with Crippen LogP contribution in [0.5, 0.6) is 0 Å². The first-order chi connectivity index (χ1) is 9.86. The Morgan fingerprint density at radius 3 is 2.52 bits per heavy atom. The molecule has 0 bridgehead atoms. The number of rotatable bonds is 3. The fourth-order valence-corrected chi connectivity index (χ4v) is 3.06. The third-order valence-electron chi connectivity index (χ3n) is 3.18. The Labute approximate surface area is 128 Å². The predicted octanol–water partition coefficient (Wildman–Crippen LogP) is 1.73. The topological polar surface area (TPSA) is 66.5 Å². The molecule has 1 saturated heterocycles. The van der Waals surface area contributed by atoms with Crippen LogP contribution in [-0.2, 0) is 14.4 Å². The first kappa shape index (κ1) is 15.6. The molecule has 0 aromatic heterocycles. The average Bonchev–Trinajstić information content (AvgIpc) is 2.38. The number of benzene rings is 1. The lowest BCUT2D eigenvalue weighted by molar-refractivity contribution is -0.145. The quantitative estimate of drug-likeness (QED) is 0.864. The number of thioether (sulfide) groups is 1. The van der Waals surface area contributed by atoms with Crippen molar-refractivity contribution in [2.45, 2.75) is 26.0 Å². The van der Waals surface area contributed by atoms with E-state index in [9.17, 15) is 14.4 Å². The molecule has 1 atom stereocenters. The van der Waals surface area contributed by atoms with Gasteiger partial charge in [0.25, 0.3) is 0 Å². The number of nitrogens with zero attached hydrogens (tertiary/aromatic N) is 1.